The van der Waals surface area contributed by atoms with Crippen molar-refractivity contribution in [2.45, 2.75) is 25.2 Å². The largest absolute Gasteiger partial charge is 0.353 e. The number of hydrogen-bond donors (Lipinski definition) is 2. The molecule has 1 aliphatic carbocycles. The summed E-state index contributed by atoms with van der Waals surface area (Å²) in [6.07, 6.45) is 2.90. The van der Waals surface area contributed by atoms with Gasteiger partial charge in [-0.1, -0.05) is 11.6 Å². The molecule has 1 aromatic heterocycles. The fourth-order valence-corrected chi connectivity index (χ4v) is 3.86. The quantitative estimate of drug-likeness (QED) is 0.845. The molecule has 6 nitrogen and oxygen atoms in total. The van der Waals surface area contributed by atoms with Gasteiger partial charge in [-0.25, -0.2) is 9.97 Å². The predicted molar refractivity (Wildman–Crippen MR) is 103 cm³/mol. The van der Waals surface area contributed by atoms with E-state index in [1.165, 1.54) is 0 Å². The van der Waals surface area contributed by atoms with Crippen LogP contribution in [0, 0.1) is 0 Å². The Kier molecular flexibility index (Phi) is 4.54. The molecule has 0 bridgehead atoms. The van der Waals surface area contributed by atoms with Gasteiger partial charge in [0, 0.05) is 29.5 Å². The van der Waals surface area contributed by atoms with Crippen LogP contribution >= 0.6 is 11.6 Å². The van der Waals surface area contributed by atoms with Crippen molar-refractivity contribution >= 4 is 29.1 Å². The Morgan fingerprint density at radius 2 is 2.15 bits per heavy atom. The number of hydrogen-bond acceptors (Lipinski definition) is 5. The van der Waals surface area contributed by atoms with Gasteiger partial charge in [0.05, 0.1) is 5.69 Å². The van der Waals surface area contributed by atoms with Gasteiger partial charge in [0.1, 0.15) is 5.92 Å². The molecule has 1 aromatic carbocycles. The molecule has 4 rings (SSSR count). The first-order valence-electron chi connectivity index (χ1n) is 8.91. The first-order chi connectivity index (χ1) is 12.5. The molecule has 1 aliphatic heterocycles. The second-order valence-electron chi connectivity index (χ2n) is 7.10. The lowest BCUT2D eigenvalue weighted by atomic mass is 9.93. The molecule has 0 saturated heterocycles. The maximum Gasteiger partial charge on any atom is 0.238 e. The number of amides is 1. The average Bonchev–Trinajstić information content (AvgIpc) is 3.17. The Hall–Kier alpha value is -2.18. The lowest BCUT2D eigenvalue weighted by Crippen LogP contribution is -2.23. The molecule has 136 valence electrons. The molecule has 1 amide bonds. The fraction of sp³-hybridized carbons (Fsp3) is 0.421. The summed E-state index contributed by atoms with van der Waals surface area (Å²) < 4.78 is 0. The molecule has 26 heavy (non-hydrogen) atoms. The fourth-order valence-electron chi connectivity index (χ4n) is 3.67. The number of likely N-dealkylation sites (N-methyl/N-ethyl adjacent to an activating group) is 1. The highest BCUT2D eigenvalue weighted by Gasteiger charge is 2.36. The number of nitrogens with zero attached hydrogens (tertiary/aromatic N) is 3. The van der Waals surface area contributed by atoms with Crippen LogP contribution in [0.1, 0.15) is 34.9 Å². The van der Waals surface area contributed by atoms with Crippen LogP contribution < -0.4 is 10.6 Å². The Bertz CT molecular complexity index is 867. The zero-order chi connectivity index (χ0) is 18.3. The number of carbonyl (C=O) groups is 1. The van der Waals surface area contributed by atoms with Gasteiger partial charge < -0.3 is 15.5 Å². The third kappa shape index (κ3) is 3.15. The first-order valence-corrected chi connectivity index (χ1v) is 9.29. The van der Waals surface area contributed by atoms with Gasteiger partial charge in [-0.15, -0.1) is 0 Å². The average molecular weight is 372 g/mol. The van der Waals surface area contributed by atoms with Gasteiger partial charge in [0.15, 0.2) is 0 Å². The van der Waals surface area contributed by atoms with Gasteiger partial charge >= 0.3 is 0 Å². The zero-order valence-electron chi connectivity index (χ0n) is 15.0. The van der Waals surface area contributed by atoms with Crippen LogP contribution in [0.25, 0.3) is 0 Å². The van der Waals surface area contributed by atoms with Gasteiger partial charge in [0.25, 0.3) is 0 Å². The SMILES string of the molecule is CN(C)CCNc1nc2c(c(C3C(=O)Nc4ccc(Cl)cc43)n1)CCC2. The number of benzene rings is 1. The number of halogens is 1. The van der Waals surface area contributed by atoms with Crippen LogP contribution in [0.3, 0.4) is 0 Å². The first kappa shape index (κ1) is 17.2. The maximum atomic E-state index is 12.7. The summed E-state index contributed by atoms with van der Waals surface area (Å²) in [5, 5.41) is 6.88. The third-order valence-corrected chi connectivity index (χ3v) is 5.16. The number of nitrogens with one attached hydrogen (secondary N) is 2. The number of fused-ring (bicyclic) bond motifs is 2. The normalized spacial score (nSPS) is 18.0. The summed E-state index contributed by atoms with van der Waals surface area (Å²) in [5.41, 5.74) is 4.71. The van der Waals surface area contributed by atoms with Crippen molar-refractivity contribution in [2.24, 2.45) is 0 Å². The Balaban J connectivity index is 1.73. The zero-order valence-corrected chi connectivity index (χ0v) is 15.7. The molecule has 1 unspecified atom stereocenters. The van der Waals surface area contributed by atoms with E-state index in [9.17, 15) is 4.79 Å². The minimum Gasteiger partial charge on any atom is -0.353 e. The molecule has 0 spiro atoms. The summed E-state index contributed by atoms with van der Waals surface area (Å²) >= 11 is 6.18. The van der Waals surface area contributed by atoms with E-state index in [4.69, 9.17) is 16.6 Å². The third-order valence-electron chi connectivity index (χ3n) is 4.93. The molecule has 1 atom stereocenters. The van der Waals surface area contributed by atoms with Gasteiger partial charge in [-0.2, -0.15) is 0 Å². The van der Waals surface area contributed by atoms with E-state index >= 15 is 0 Å². The highest BCUT2D eigenvalue weighted by Crippen LogP contribution is 2.41. The van der Waals surface area contributed by atoms with Crippen LogP contribution in [0.2, 0.25) is 5.02 Å². The summed E-state index contributed by atoms with van der Waals surface area (Å²) in [7, 11) is 4.06. The van der Waals surface area contributed by atoms with Crippen molar-refractivity contribution in [2.75, 3.05) is 37.8 Å². The van der Waals surface area contributed by atoms with E-state index in [2.05, 4.69) is 20.5 Å². The van der Waals surface area contributed by atoms with Gasteiger partial charge in [-0.05, 0) is 62.7 Å². The molecule has 2 N–H and O–H groups in total. The predicted octanol–water partition coefficient (Wildman–Crippen LogP) is 2.68. The van der Waals surface area contributed by atoms with Gasteiger partial charge in [0.2, 0.25) is 11.9 Å². The smallest absolute Gasteiger partial charge is 0.238 e. The van der Waals surface area contributed by atoms with E-state index < -0.39 is 5.92 Å². The summed E-state index contributed by atoms with van der Waals surface area (Å²) in [6, 6.07) is 5.51. The van der Waals surface area contributed by atoms with Crippen molar-refractivity contribution in [1.29, 1.82) is 0 Å². The highest BCUT2D eigenvalue weighted by atomic mass is 35.5. The second-order valence-corrected chi connectivity index (χ2v) is 7.53. The minimum atomic E-state index is -0.423. The van der Waals surface area contributed by atoms with Crippen LogP contribution in [0.5, 0.6) is 0 Å². The van der Waals surface area contributed by atoms with Crippen LogP contribution in [0.15, 0.2) is 18.2 Å². The number of carbonyl (C=O) groups excluding carboxylic acids is 1. The van der Waals surface area contributed by atoms with Crippen molar-refractivity contribution < 1.29 is 4.79 Å². The van der Waals surface area contributed by atoms with Crippen molar-refractivity contribution in [3.63, 3.8) is 0 Å². The van der Waals surface area contributed by atoms with Crippen LogP contribution in [0.4, 0.5) is 11.6 Å². The maximum absolute atomic E-state index is 12.7. The second kappa shape index (κ2) is 6.85. The number of aryl methyl sites for hydroxylation is 1. The Morgan fingerprint density at radius 1 is 1.31 bits per heavy atom. The molecule has 2 heterocycles. The molecular weight excluding hydrogens is 350 g/mol. The summed E-state index contributed by atoms with van der Waals surface area (Å²) in [6.45, 7) is 1.64. The van der Waals surface area contributed by atoms with E-state index in [1.807, 2.05) is 26.2 Å². The van der Waals surface area contributed by atoms with Crippen LogP contribution in [-0.2, 0) is 17.6 Å². The highest BCUT2D eigenvalue weighted by molar-refractivity contribution is 6.31. The van der Waals surface area contributed by atoms with Crippen LogP contribution in [-0.4, -0.2) is 48.0 Å². The lowest BCUT2D eigenvalue weighted by molar-refractivity contribution is -0.116. The number of anilines is 2. The molecule has 7 heteroatoms. The number of aromatic nitrogens is 2. The molecule has 2 aromatic rings. The monoisotopic (exact) mass is 371 g/mol. The van der Waals surface area contributed by atoms with E-state index in [1.54, 1.807) is 6.07 Å². The lowest BCUT2D eigenvalue weighted by Gasteiger charge is -2.16. The minimum absolute atomic E-state index is 0.0469. The van der Waals surface area contributed by atoms with Crippen molar-refractivity contribution in [1.82, 2.24) is 14.9 Å². The van der Waals surface area contributed by atoms with Gasteiger partial charge in [-0.3, -0.25) is 4.79 Å². The Labute approximate surface area is 158 Å². The number of rotatable bonds is 5. The molecule has 0 saturated carbocycles. The van der Waals surface area contributed by atoms with E-state index in [-0.39, 0.29) is 5.91 Å². The summed E-state index contributed by atoms with van der Waals surface area (Å²) in [5.74, 6) is 0.132. The summed E-state index contributed by atoms with van der Waals surface area (Å²) in [4.78, 5) is 24.3. The standard InChI is InChI=1S/C19H22ClN5O/c1-25(2)9-8-21-19-23-14-5-3-4-12(14)17(24-19)16-13-10-11(20)6-7-15(13)22-18(16)26/h6-7,10,16H,3-5,8-9H2,1-2H3,(H,22,26)(H,21,23,24). The topological polar surface area (TPSA) is 70.2 Å². The molecule has 0 radical (unpaired) electrons. The van der Waals surface area contributed by atoms with Crippen molar-refractivity contribution in [3.05, 3.63) is 45.7 Å². The van der Waals surface area contributed by atoms with E-state index in [0.717, 1.165) is 60.6 Å². The molecule has 0 fully saturated rings. The van der Waals surface area contributed by atoms with E-state index in [0.29, 0.717) is 11.0 Å². The Morgan fingerprint density at radius 3 is 2.96 bits per heavy atom. The molecular formula is C19H22ClN5O. The van der Waals surface area contributed by atoms with Crippen molar-refractivity contribution in [3.8, 4) is 0 Å². The molecule has 2 aliphatic rings.